The third-order valence-electron chi connectivity index (χ3n) is 3.92. The Hall–Kier alpha value is -0.860. The normalized spacial score (nSPS) is 23.2. The summed E-state index contributed by atoms with van der Waals surface area (Å²) in [5, 5.41) is 12.8. The van der Waals surface area contributed by atoms with E-state index in [9.17, 15) is 5.11 Å². The van der Waals surface area contributed by atoms with E-state index >= 15 is 0 Å². The van der Waals surface area contributed by atoms with Gasteiger partial charge in [-0.25, -0.2) is 0 Å². The van der Waals surface area contributed by atoms with Crippen LogP contribution in [0, 0.1) is 5.92 Å². The lowest BCUT2D eigenvalue weighted by Gasteiger charge is -2.32. The molecule has 0 radical (unpaired) electrons. The average Bonchev–Trinajstić information content (AvgIpc) is 2.36. The predicted octanol–water partition coefficient (Wildman–Crippen LogP) is 2.84. The highest BCUT2D eigenvalue weighted by Gasteiger charge is 2.24. The van der Waals surface area contributed by atoms with Crippen LogP contribution in [0.4, 0.5) is 0 Å². The van der Waals surface area contributed by atoms with Gasteiger partial charge in [-0.3, -0.25) is 0 Å². The third kappa shape index (κ3) is 2.93. The van der Waals surface area contributed by atoms with Gasteiger partial charge >= 0.3 is 0 Å². The molecule has 0 fully saturated rings. The quantitative estimate of drug-likeness (QED) is 0.857. The maximum absolute atomic E-state index is 9.38. The highest BCUT2D eigenvalue weighted by Crippen LogP contribution is 2.28. The van der Waals surface area contributed by atoms with Crippen LogP contribution in [0.2, 0.25) is 0 Å². The van der Waals surface area contributed by atoms with Crippen LogP contribution in [0.1, 0.15) is 49.9 Å². The van der Waals surface area contributed by atoms with E-state index in [1.54, 1.807) is 0 Å². The molecule has 2 heteroatoms. The van der Waals surface area contributed by atoms with E-state index in [-0.39, 0.29) is 12.6 Å². The van der Waals surface area contributed by atoms with Crippen LogP contribution in [-0.4, -0.2) is 17.8 Å². The first-order chi connectivity index (χ1) is 8.61. The SMILES string of the molecule is CC(C)CCc1cccc2c1C[C@H](CO)N[C@H]2C. The van der Waals surface area contributed by atoms with Crippen molar-refractivity contribution < 1.29 is 5.11 Å². The lowest BCUT2D eigenvalue weighted by molar-refractivity contribution is 0.225. The van der Waals surface area contributed by atoms with E-state index in [0.717, 1.165) is 18.8 Å². The van der Waals surface area contributed by atoms with Crippen molar-refractivity contribution in [1.82, 2.24) is 5.32 Å². The van der Waals surface area contributed by atoms with Crippen LogP contribution in [0.3, 0.4) is 0 Å². The summed E-state index contributed by atoms with van der Waals surface area (Å²) in [6.07, 6.45) is 3.36. The fourth-order valence-electron chi connectivity index (χ4n) is 2.85. The summed E-state index contributed by atoms with van der Waals surface area (Å²) < 4.78 is 0. The Labute approximate surface area is 110 Å². The van der Waals surface area contributed by atoms with Crippen molar-refractivity contribution in [2.45, 2.75) is 52.1 Å². The maximum atomic E-state index is 9.38. The van der Waals surface area contributed by atoms with Crippen LogP contribution in [0.15, 0.2) is 18.2 Å². The second kappa shape index (κ2) is 5.85. The molecule has 2 atom stereocenters. The molecule has 100 valence electrons. The molecule has 2 N–H and O–H groups in total. The second-order valence-corrected chi connectivity index (χ2v) is 5.89. The smallest absolute Gasteiger partial charge is 0.0588 e. The molecule has 1 aromatic rings. The van der Waals surface area contributed by atoms with Crippen LogP contribution in [-0.2, 0) is 12.8 Å². The zero-order chi connectivity index (χ0) is 13.1. The van der Waals surface area contributed by atoms with Crippen LogP contribution < -0.4 is 5.32 Å². The van der Waals surface area contributed by atoms with Crippen molar-refractivity contribution in [2.24, 2.45) is 5.92 Å². The third-order valence-corrected chi connectivity index (χ3v) is 3.92. The molecule has 0 saturated heterocycles. The number of nitrogens with one attached hydrogen (secondary N) is 1. The molecule has 0 bridgehead atoms. The molecule has 1 aliphatic rings. The lowest BCUT2D eigenvalue weighted by Crippen LogP contribution is -2.41. The summed E-state index contributed by atoms with van der Waals surface area (Å²) in [6, 6.07) is 7.22. The molecule has 1 aromatic carbocycles. The summed E-state index contributed by atoms with van der Waals surface area (Å²) in [6.45, 7) is 6.96. The summed E-state index contributed by atoms with van der Waals surface area (Å²) in [4.78, 5) is 0. The Morgan fingerprint density at radius 3 is 2.83 bits per heavy atom. The summed E-state index contributed by atoms with van der Waals surface area (Å²) in [5.74, 6) is 0.744. The molecular formula is C16H25NO. The first kappa shape index (κ1) is 13.6. The van der Waals surface area contributed by atoms with Crippen molar-refractivity contribution >= 4 is 0 Å². The molecule has 0 saturated carbocycles. The highest BCUT2D eigenvalue weighted by molar-refractivity contribution is 5.39. The molecule has 1 heterocycles. The van der Waals surface area contributed by atoms with Gasteiger partial charge in [-0.15, -0.1) is 0 Å². The monoisotopic (exact) mass is 247 g/mol. The Morgan fingerprint density at radius 2 is 2.17 bits per heavy atom. The van der Waals surface area contributed by atoms with Gasteiger partial charge in [-0.1, -0.05) is 32.0 Å². The summed E-state index contributed by atoms with van der Waals surface area (Å²) >= 11 is 0. The van der Waals surface area contributed by atoms with Crippen molar-refractivity contribution in [1.29, 1.82) is 0 Å². The van der Waals surface area contributed by atoms with Gasteiger partial charge in [0.15, 0.2) is 0 Å². The van der Waals surface area contributed by atoms with E-state index in [1.807, 2.05) is 0 Å². The number of aliphatic hydroxyl groups is 1. The van der Waals surface area contributed by atoms with E-state index in [4.69, 9.17) is 0 Å². The van der Waals surface area contributed by atoms with Gasteiger partial charge in [0.2, 0.25) is 0 Å². The molecule has 18 heavy (non-hydrogen) atoms. The zero-order valence-corrected chi connectivity index (χ0v) is 11.7. The fourth-order valence-corrected chi connectivity index (χ4v) is 2.85. The minimum absolute atomic E-state index is 0.215. The van der Waals surface area contributed by atoms with Crippen molar-refractivity contribution in [2.75, 3.05) is 6.61 Å². The molecule has 1 aliphatic heterocycles. The Morgan fingerprint density at radius 1 is 1.39 bits per heavy atom. The predicted molar refractivity (Wildman–Crippen MR) is 75.7 cm³/mol. The Balaban J connectivity index is 2.24. The number of aryl methyl sites for hydroxylation is 1. The first-order valence-corrected chi connectivity index (χ1v) is 7.09. The van der Waals surface area contributed by atoms with Crippen LogP contribution >= 0.6 is 0 Å². The van der Waals surface area contributed by atoms with Gasteiger partial charge in [-0.05, 0) is 48.8 Å². The highest BCUT2D eigenvalue weighted by atomic mass is 16.3. The van der Waals surface area contributed by atoms with Gasteiger partial charge in [0.05, 0.1) is 6.61 Å². The minimum atomic E-state index is 0.215. The van der Waals surface area contributed by atoms with Crippen LogP contribution in [0.5, 0.6) is 0 Å². The molecule has 2 rings (SSSR count). The maximum Gasteiger partial charge on any atom is 0.0588 e. The van der Waals surface area contributed by atoms with E-state index in [0.29, 0.717) is 6.04 Å². The fraction of sp³-hybridized carbons (Fsp3) is 0.625. The molecular weight excluding hydrogens is 222 g/mol. The average molecular weight is 247 g/mol. The number of benzene rings is 1. The first-order valence-electron chi connectivity index (χ1n) is 7.09. The Bertz CT molecular complexity index is 400. The molecule has 2 nitrogen and oxygen atoms in total. The van der Waals surface area contributed by atoms with Crippen LogP contribution in [0.25, 0.3) is 0 Å². The standard InChI is InChI=1S/C16H25NO/c1-11(2)7-8-13-5-4-6-15-12(3)17-14(10-18)9-16(13)15/h4-6,11-12,14,17-18H,7-10H2,1-3H3/t12-,14+/m0/s1. The van der Waals surface area contributed by atoms with Gasteiger partial charge < -0.3 is 10.4 Å². The van der Waals surface area contributed by atoms with E-state index in [2.05, 4.69) is 44.3 Å². The van der Waals surface area contributed by atoms with Crippen molar-refractivity contribution in [3.8, 4) is 0 Å². The van der Waals surface area contributed by atoms with E-state index < -0.39 is 0 Å². The number of hydrogen-bond acceptors (Lipinski definition) is 2. The molecule has 0 unspecified atom stereocenters. The topological polar surface area (TPSA) is 32.3 Å². The zero-order valence-electron chi connectivity index (χ0n) is 11.7. The lowest BCUT2D eigenvalue weighted by atomic mass is 9.85. The minimum Gasteiger partial charge on any atom is -0.395 e. The van der Waals surface area contributed by atoms with Crippen molar-refractivity contribution in [3.05, 3.63) is 34.9 Å². The summed E-state index contributed by atoms with van der Waals surface area (Å²) in [5.41, 5.74) is 4.37. The van der Waals surface area contributed by atoms with Gasteiger partial charge in [-0.2, -0.15) is 0 Å². The molecule has 0 amide bonds. The van der Waals surface area contributed by atoms with Gasteiger partial charge in [0.25, 0.3) is 0 Å². The van der Waals surface area contributed by atoms with Gasteiger partial charge in [0, 0.05) is 12.1 Å². The number of hydrogen-bond donors (Lipinski definition) is 2. The largest absolute Gasteiger partial charge is 0.395 e. The molecule has 0 aliphatic carbocycles. The molecule has 0 aromatic heterocycles. The molecule has 0 spiro atoms. The van der Waals surface area contributed by atoms with E-state index in [1.165, 1.54) is 23.1 Å². The van der Waals surface area contributed by atoms with Gasteiger partial charge in [0.1, 0.15) is 0 Å². The number of rotatable bonds is 4. The number of fused-ring (bicyclic) bond motifs is 1. The summed E-state index contributed by atoms with van der Waals surface area (Å²) in [7, 11) is 0. The van der Waals surface area contributed by atoms with Crippen molar-refractivity contribution in [3.63, 3.8) is 0 Å². The Kier molecular flexibility index (Phi) is 4.41. The second-order valence-electron chi connectivity index (χ2n) is 5.89. The number of aliphatic hydroxyl groups excluding tert-OH is 1.